The number of carbonyl (C=O) groups excluding carboxylic acids is 2. The van der Waals surface area contributed by atoms with E-state index in [0.29, 0.717) is 18.7 Å². The van der Waals surface area contributed by atoms with E-state index in [9.17, 15) is 9.59 Å². The Morgan fingerprint density at radius 3 is 2.32 bits per heavy atom. The molecule has 158 valence electrons. The first-order valence-electron chi connectivity index (χ1n) is 10.6. The van der Waals surface area contributed by atoms with Gasteiger partial charge in [0.2, 0.25) is 0 Å². The first-order valence-corrected chi connectivity index (χ1v) is 10.6. The topological polar surface area (TPSA) is 61.4 Å². The SMILES string of the molecule is Cc1ccc(NC(=O)C(=O)NCCc2ccc(N3CCc4ccccc4C3)cc2)cc1. The molecule has 1 aliphatic heterocycles. The summed E-state index contributed by atoms with van der Waals surface area (Å²) >= 11 is 0. The van der Waals surface area contributed by atoms with Gasteiger partial charge < -0.3 is 15.5 Å². The van der Waals surface area contributed by atoms with Crippen LogP contribution in [0.3, 0.4) is 0 Å². The third-order valence-electron chi connectivity index (χ3n) is 5.65. The van der Waals surface area contributed by atoms with Gasteiger partial charge in [-0.25, -0.2) is 0 Å². The number of nitrogens with one attached hydrogen (secondary N) is 2. The molecular formula is C26H27N3O2. The Bertz CT molecular complexity index is 1060. The molecule has 0 radical (unpaired) electrons. The van der Waals surface area contributed by atoms with Crippen molar-refractivity contribution >= 4 is 23.2 Å². The second kappa shape index (κ2) is 9.47. The number of aryl methyl sites for hydroxylation is 1. The summed E-state index contributed by atoms with van der Waals surface area (Å²) in [5, 5.41) is 5.30. The van der Waals surface area contributed by atoms with Gasteiger partial charge in [0, 0.05) is 31.0 Å². The number of amides is 2. The molecule has 5 heteroatoms. The summed E-state index contributed by atoms with van der Waals surface area (Å²) in [6, 6.07) is 24.4. The smallest absolute Gasteiger partial charge is 0.313 e. The Kier molecular flexibility index (Phi) is 6.32. The molecule has 3 aromatic rings. The van der Waals surface area contributed by atoms with E-state index >= 15 is 0 Å². The highest BCUT2D eigenvalue weighted by molar-refractivity contribution is 6.39. The van der Waals surface area contributed by atoms with Crippen LogP contribution in [0.5, 0.6) is 0 Å². The predicted octanol–water partition coefficient (Wildman–Crippen LogP) is 3.86. The molecule has 1 heterocycles. The van der Waals surface area contributed by atoms with E-state index < -0.39 is 11.8 Å². The lowest BCUT2D eigenvalue weighted by molar-refractivity contribution is -0.136. The van der Waals surface area contributed by atoms with E-state index in [0.717, 1.165) is 30.6 Å². The maximum Gasteiger partial charge on any atom is 0.313 e. The summed E-state index contributed by atoms with van der Waals surface area (Å²) in [5.74, 6) is -1.27. The van der Waals surface area contributed by atoms with Gasteiger partial charge in [-0.2, -0.15) is 0 Å². The van der Waals surface area contributed by atoms with Crippen LogP contribution in [0, 0.1) is 6.92 Å². The average Bonchev–Trinajstić information content (AvgIpc) is 2.80. The van der Waals surface area contributed by atoms with Gasteiger partial charge in [0.1, 0.15) is 0 Å². The van der Waals surface area contributed by atoms with Crippen molar-refractivity contribution in [3.8, 4) is 0 Å². The van der Waals surface area contributed by atoms with Crippen molar-refractivity contribution < 1.29 is 9.59 Å². The zero-order chi connectivity index (χ0) is 21.6. The standard InChI is InChI=1S/C26H27N3O2/c1-19-6-10-23(11-7-19)28-26(31)25(30)27-16-14-20-8-12-24(13-9-20)29-17-15-21-4-2-3-5-22(21)18-29/h2-13H,14-18H2,1H3,(H,27,30)(H,28,31). The highest BCUT2D eigenvalue weighted by atomic mass is 16.2. The molecule has 0 aliphatic carbocycles. The van der Waals surface area contributed by atoms with Gasteiger partial charge in [0.05, 0.1) is 0 Å². The van der Waals surface area contributed by atoms with Gasteiger partial charge in [0.25, 0.3) is 0 Å². The highest BCUT2D eigenvalue weighted by Gasteiger charge is 2.16. The third kappa shape index (κ3) is 5.31. The third-order valence-corrected chi connectivity index (χ3v) is 5.65. The lowest BCUT2D eigenvalue weighted by atomic mass is 9.99. The molecule has 0 fully saturated rings. The maximum absolute atomic E-state index is 12.0. The molecule has 3 aromatic carbocycles. The molecule has 0 bridgehead atoms. The molecule has 0 unspecified atom stereocenters. The van der Waals surface area contributed by atoms with E-state index in [2.05, 4.69) is 64.1 Å². The molecule has 0 aromatic heterocycles. The molecule has 0 atom stereocenters. The summed E-state index contributed by atoms with van der Waals surface area (Å²) in [4.78, 5) is 26.4. The van der Waals surface area contributed by atoms with Crippen molar-refractivity contribution in [2.45, 2.75) is 26.3 Å². The molecule has 0 saturated carbocycles. The minimum absolute atomic E-state index is 0.413. The molecular weight excluding hydrogens is 386 g/mol. The van der Waals surface area contributed by atoms with Crippen LogP contribution in [0.4, 0.5) is 11.4 Å². The van der Waals surface area contributed by atoms with Crippen molar-refractivity contribution in [3.05, 3.63) is 95.1 Å². The van der Waals surface area contributed by atoms with Crippen LogP contribution in [-0.4, -0.2) is 24.9 Å². The van der Waals surface area contributed by atoms with Gasteiger partial charge in [-0.1, -0.05) is 54.1 Å². The molecule has 1 aliphatic rings. The van der Waals surface area contributed by atoms with Crippen LogP contribution < -0.4 is 15.5 Å². The molecule has 4 rings (SSSR count). The second-order valence-corrected chi connectivity index (χ2v) is 7.93. The number of rotatable bonds is 5. The van der Waals surface area contributed by atoms with E-state index in [-0.39, 0.29) is 0 Å². The van der Waals surface area contributed by atoms with Crippen LogP contribution in [0.25, 0.3) is 0 Å². The van der Waals surface area contributed by atoms with E-state index in [4.69, 9.17) is 0 Å². The first-order chi connectivity index (χ1) is 15.1. The predicted molar refractivity (Wildman–Crippen MR) is 124 cm³/mol. The lowest BCUT2D eigenvalue weighted by Crippen LogP contribution is -2.36. The van der Waals surface area contributed by atoms with Gasteiger partial charge in [0.15, 0.2) is 0 Å². The van der Waals surface area contributed by atoms with Crippen LogP contribution >= 0.6 is 0 Å². The Labute approximate surface area is 183 Å². The zero-order valence-corrected chi connectivity index (χ0v) is 17.7. The average molecular weight is 414 g/mol. The molecule has 2 N–H and O–H groups in total. The van der Waals surface area contributed by atoms with Crippen LogP contribution in [0.1, 0.15) is 22.3 Å². The Balaban J connectivity index is 1.24. The van der Waals surface area contributed by atoms with Crippen molar-refractivity contribution in [1.29, 1.82) is 0 Å². The van der Waals surface area contributed by atoms with E-state index in [1.165, 1.54) is 16.8 Å². The molecule has 31 heavy (non-hydrogen) atoms. The van der Waals surface area contributed by atoms with Gasteiger partial charge in [-0.15, -0.1) is 0 Å². The normalized spacial score (nSPS) is 12.7. The minimum Gasteiger partial charge on any atom is -0.367 e. The Hall–Kier alpha value is -3.60. The van der Waals surface area contributed by atoms with E-state index in [1.54, 1.807) is 12.1 Å². The number of benzene rings is 3. The van der Waals surface area contributed by atoms with Gasteiger partial charge >= 0.3 is 11.8 Å². The molecule has 5 nitrogen and oxygen atoms in total. The molecule has 0 spiro atoms. The Morgan fingerprint density at radius 1 is 0.871 bits per heavy atom. The summed E-state index contributed by atoms with van der Waals surface area (Å²) in [6.45, 7) is 4.33. The van der Waals surface area contributed by atoms with Crippen LogP contribution in [0.15, 0.2) is 72.8 Å². The summed E-state index contributed by atoms with van der Waals surface area (Å²) in [6.07, 6.45) is 1.74. The number of carbonyl (C=O) groups is 2. The largest absolute Gasteiger partial charge is 0.367 e. The zero-order valence-electron chi connectivity index (χ0n) is 17.7. The van der Waals surface area contributed by atoms with E-state index in [1.807, 2.05) is 19.1 Å². The van der Waals surface area contributed by atoms with Crippen molar-refractivity contribution in [2.24, 2.45) is 0 Å². The van der Waals surface area contributed by atoms with Gasteiger partial charge in [-0.05, 0) is 60.7 Å². The van der Waals surface area contributed by atoms with Crippen LogP contribution in [-0.2, 0) is 29.0 Å². The fourth-order valence-electron chi connectivity index (χ4n) is 3.81. The summed E-state index contributed by atoms with van der Waals surface area (Å²) in [5.41, 5.74) is 6.88. The van der Waals surface area contributed by atoms with Crippen molar-refractivity contribution in [3.63, 3.8) is 0 Å². The van der Waals surface area contributed by atoms with Crippen molar-refractivity contribution in [2.75, 3.05) is 23.3 Å². The quantitative estimate of drug-likeness (QED) is 0.625. The minimum atomic E-state index is -0.649. The fraction of sp³-hybridized carbons (Fsp3) is 0.231. The molecule has 2 amide bonds. The maximum atomic E-state index is 12.0. The lowest BCUT2D eigenvalue weighted by Gasteiger charge is -2.30. The summed E-state index contributed by atoms with van der Waals surface area (Å²) < 4.78 is 0. The van der Waals surface area contributed by atoms with Crippen LogP contribution in [0.2, 0.25) is 0 Å². The van der Waals surface area contributed by atoms with Gasteiger partial charge in [-0.3, -0.25) is 9.59 Å². The monoisotopic (exact) mass is 413 g/mol. The number of nitrogens with zero attached hydrogens (tertiary/aromatic N) is 1. The first kappa shape index (κ1) is 20.7. The summed E-state index contributed by atoms with van der Waals surface area (Å²) in [7, 11) is 0. The highest BCUT2D eigenvalue weighted by Crippen LogP contribution is 2.24. The number of anilines is 2. The number of hydrogen-bond donors (Lipinski definition) is 2. The number of hydrogen-bond acceptors (Lipinski definition) is 3. The molecule has 0 saturated heterocycles. The van der Waals surface area contributed by atoms with Crippen molar-refractivity contribution in [1.82, 2.24) is 5.32 Å². The Morgan fingerprint density at radius 2 is 1.58 bits per heavy atom. The fourth-order valence-corrected chi connectivity index (χ4v) is 3.81. The number of fused-ring (bicyclic) bond motifs is 1. The second-order valence-electron chi connectivity index (χ2n) is 7.93.